The van der Waals surface area contributed by atoms with Crippen LogP contribution in [0, 0.1) is 0 Å². The summed E-state index contributed by atoms with van der Waals surface area (Å²) >= 11 is 0. The largest absolute Gasteiger partial charge is 0.368 e. The molecule has 0 aliphatic heterocycles. The number of sulfonamides is 1. The topological polar surface area (TPSA) is 55.8 Å². The monoisotopic (exact) mass is 183 g/mol. The van der Waals surface area contributed by atoms with Gasteiger partial charge in [-0.1, -0.05) is 0 Å². The maximum Gasteiger partial charge on any atom is 0.215 e. The van der Waals surface area contributed by atoms with Crippen LogP contribution in [0.4, 0.5) is 0 Å². The lowest BCUT2D eigenvalue weighted by molar-refractivity contribution is 0.0410. The van der Waals surface area contributed by atoms with Gasteiger partial charge in [0.05, 0.1) is 6.26 Å². The third-order valence-corrected chi connectivity index (χ3v) is 2.16. The van der Waals surface area contributed by atoms with E-state index in [2.05, 4.69) is 9.47 Å². The molecule has 0 aromatic rings. The van der Waals surface area contributed by atoms with Gasteiger partial charge in [0, 0.05) is 14.2 Å². The van der Waals surface area contributed by atoms with Crippen LogP contribution < -0.4 is 0 Å². The summed E-state index contributed by atoms with van der Waals surface area (Å²) in [6, 6.07) is 0. The quantitative estimate of drug-likeness (QED) is 0.537. The second-order valence-electron chi connectivity index (χ2n) is 2.05. The molecule has 0 rings (SSSR count). The Morgan fingerprint density at radius 3 is 1.73 bits per heavy atom. The molecule has 0 fully saturated rings. The summed E-state index contributed by atoms with van der Waals surface area (Å²) in [5.74, 6) is 0. The van der Waals surface area contributed by atoms with E-state index >= 15 is 0 Å². The molecule has 0 aromatic heterocycles. The van der Waals surface area contributed by atoms with Gasteiger partial charge in [0.1, 0.15) is 13.5 Å². The van der Waals surface area contributed by atoms with Gasteiger partial charge in [0.25, 0.3) is 0 Å². The molecule has 0 bridgehead atoms. The molecule has 0 saturated heterocycles. The number of ether oxygens (including phenoxy) is 2. The molecule has 0 amide bonds. The highest BCUT2D eigenvalue weighted by Gasteiger charge is 2.14. The fourth-order valence-electron chi connectivity index (χ4n) is 0.517. The first-order valence-corrected chi connectivity index (χ1v) is 4.80. The maximum absolute atomic E-state index is 10.9. The molecule has 0 atom stereocenters. The summed E-state index contributed by atoms with van der Waals surface area (Å²) in [4.78, 5) is 0. The van der Waals surface area contributed by atoms with Gasteiger partial charge < -0.3 is 9.47 Å². The molecule has 0 saturated carbocycles. The lowest BCUT2D eigenvalue weighted by atomic mass is 11.1. The van der Waals surface area contributed by atoms with Gasteiger partial charge in [-0.15, -0.1) is 0 Å². The number of hydrogen-bond donors (Lipinski definition) is 0. The summed E-state index contributed by atoms with van der Waals surface area (Å²) in [7, 11) is -0.357. The zero-order valence-electron chi connectivity index (χ0n) is 6.90. The number of hydrogen-bond acceptors (Lipinski definition) is 4. The molecule has 0 aliphatic carbocycles. The van der Waals surface area contributed by atoms with Gasteiger partial charge in [-0.2, -0.15) is 4.31 Å². The van der Waals surface area contributed by atoms with E-state index < -0.39 is 10.0 Å². The third-order valence-electron chi connectivity index (χ3n) is 1.02. The van der Waals surface area contributed by atoms with Crippen LogP contribution in [0.5, 0.6) is 0 Å². The average molecular weight is 183 g/mol. The Labute approximate surface area is 66.9 Å². The Hall–Kier alpha value is -0.170. The normalized spacial score (nSPS) is 12.4. The van der Waals surface area contributed by atoms with Crippen LogP contribution in [-0.2, 0) is 19.5 Å². The van der Waals surface area contributed by atoms with Gasteiger partial charge in [0.15, 0.2) is 0 Å². The SMILES string of the molecule is COCN(COC)S(C)(=O)=O. The Bertz CT molecular complexity index is 183. The smallest absolute Gasteiger partial charge is 0.215 e. The van der Waals surface area contributed by atoms with Crippen LogP contribution >= 0.6 is 0 Å². The van der Waals surface area contributed by atoms with Crippen LogP contribution in [0.1, 0.15) is 0 Å². The minimum atomic E-state index is -3.21. The van der Waals surface area contributed by atoms with Crippen molar-refractivity contribution in [1.29, 1.82) is 0 Å². The van der Waals surface area contributed by atoms with Crippen molar-refractivity contribution in [3.05, 3.63) is 0 Å². The van der Waals surface area contributed by atoms with E-state index in [1.807, 2.05) is 0 Å². The second kappa shape index (κ2) is 4.66. The number of rotatable bonds is 5. The first kappa shape index (κ1) is 10.8. The zero-order chi connectivity index (χ0) is 8.91. The van der Waals surface area contributed by atoms with E-state index in [9.17, 15) is 8.42 Å². The fourth-order valence-corrected chi connectivity index (χ4v) is 1.11. The Morgan fingerprint density at radius 2 is 1.55 bits per heavy atom. The second-order valence-corrected chi connectivity index (χ2v) is 4.03. The molecular formula is C5H13NO4S. The maximum atomic E-state index is 10.9. The molecule has 0 N–H and O–H groups in total. The molecule has 0 aromatic carbocycles. The molecule has 68 valence electrons. The molecule has 5 nitrogen and oxygen atoms in total. The molecule has 6 heteroatoms. The third kappa shape index (κ3) is 4.31. The van der Waals surface area contributed by atoms with E-state index in [0.717, 1.165) is 10.6 Å². The molecule has 0 radical (unpaired) electrons. The van der Waals surface area contributed by atoms with Crippen LogP contribution in [0.3, 0.4) is 0 Å². The highest BCUT2D eigenvalue weighted by atomic mass is 32.2. The highest BCUT2D eigenvalue weighted by Crippen LogP contribution is 1.96. The fraction of sp³-hybridized carbons (Fsp3) is 1.00. The Balaban J connectivity index is 4.11. The van der Waals surface area contributed by atoms with Crippen molar-refractivity contribution in [2.45, 2.75) is 0 Å². The summed E-state index contributed by atoms with van der Waals surface area (Å²) < 4.78 is 32.1. The van der Waals surface area contributed by atoms with Crippen molar-refractivity contribution < 1.29 is 17.9 Å². The van der Waals surface area contributed by atoms with E-state index in [0.29, 0.717) is 0 Å². The molecule has 11 heavy (non-hydrogen) atoms. The lowest BCUT2D eigenvalue weighted by Gasteiger charge is -2.16. The van der Waals surface area contributed by atoms with Gasteiger partial charge in [0.2, 0.25) is 10.0 Å². The van der Waals surface area contributed by atoms with Crippen LogP contribution in [0.2, 0.25) is 0 Å². The van der Waals surface area contributed by atoms with Crippen molar-refractivity contribution >= 4 is 10.0 Å². The summed E-state index contributed by atoms with van der Waals surface area (Å²) in [6.07, 6.45) is 1.10. The lowest BCUT2D eigenvalue weighted by Crippen LogP contribution is -2.33. The summed E-state index contributed by atoms with van der Waals surface area (Å²) in [5.41, 5.74) is 0. The molecule has 0 aliphatic rings. The molecule has 0 unspecified atom stereocenters. The first-order chi connectivity index (χ1) is 5.02. The Kier molecular flexibility index (Phi) is 4.58. The average Bonchev–Trinajstić information content (AvgIpc) is 1.85. The number of methoxy groups -OCH3 is 2. The van der Waals surface area contributed by atoms with Crippen molar-refractivity contribution in [3.8, 4) is 0 Å². The van der Waals surface area contributed by atoms with Crippen LogP contribution in [0.15, 0.2) is 0 Å². The van der Waals surface area contributed by atoms with Crippen molar-refractivity contribution in [2.24, 2.45) is 0 Å². The predicted octanol–water partition coefficient (Wildman–Crippen LogP) is -0.544. The van der Waals surface area contributed by atoms with Gasteiger partial charge >= 0.3 is 0 Å². The zero-order valence-corrected chi connectivity index (χ0v) is 7.72. The van der Waals surface area contributed by atoms with Crippen LogP contribution in [-0.4, -0.2) is 46.7 Å². The first-order valence-electron chi connectivity index (χ1n) is 2.95. The van der Waals surface area contributed by atoms with Crippen molar-refractivity contribution in [2.75, 3.05) is 33.9 Å². The minimum Gasteiger partial charge on any atom is -0.368 e. The van der Waals surface area contributed by atoms with E-state index in [1.165, 1.54) is 14.2 Å². The number of nitrogens with zero attached hydrogens (tertiary/aromatic N) is 1. The van der Waals surface area contributed by atoms with Crippen molar-refractivity contribution in [3.63, 3.8) is 0 Å². The predicted molar refractivity (Wildman–Crippen MR) is 40.4 cm³/mol. The van der Waals surface area contributed by atoms with Gasteiger partial charge in [-0.3, -0.25) is 0 Å². The van der Waals surface area contributed by atoms with Crippen molar-refractivity contribution in [1.82, 2.24) is 4.31 Å². The Morgan fingerprint density at radius 1 is 1.18 bits per heavy atom. The van der Waals surface area contributed by atoms with E-state index in [1.54, 1.807) is 0 Å². The van der Waals surface area contributed by atoms with E-state index in [4.69, 9.17) is 0 Å². The van der Waals surface area contributed by atoms with Crippen LogP contribution in [0.25, 0.3) is 0 Å². The summed E-state index contributed by atoms with van der Waals surface area (Å²) in [5, 5.41) is 0. The highest BCUT2D eigenvalue weighted by molar-refractivity contribution is 7.88. The van der Waals surface area contributed by atoms with E-state index in [-0.39, 0.29) is 13.5 Å². The standard InChI is InChI=1S/C5H13NO4S/c1-9-4-6(5-10-2)11(3,7)8/h4-5H2,1-3H3. The molecule has 0 heterocycles. The molecular weight excluding hydrogens is 170 g/mol. The van der Waals surface area contributed by atoms with Gasteiger partial charge in [-0.25, -0.2) is 8.42 Å². The van der Waals surface area contributed by atoms with Gasteiger partial charge in [-0.05, 0) is 0 Å². The minimum absolute atomic E-state index is 0.0205. The summed E-state index contributed by atoms with van der Waals surface area (Å²) in [6.45, 7) is 0.0410. The molecule has 0 spiro atoms.